The van der Waals surface area contributed by atoms with Crippen LogP contribution in [0, 0.1) is 0 Å². The fraction of sp³-hybridized carbons (Fsp3) is 0.500. The van der Waals surface area contributed by atoms with E-state index in [0.29, 0.717) is 0 Å². The van der Waals surface area contributed by atoms with Crippen LogP contribution in [0.3, 0.4) is 0 Å². The van der Waals surface area contributed by atoms with Crippen molar-refractivity contribution in [1.29, 1.82) is 0 Å². The Hall–Kier alpha value is -0.620. The highest BCUT2D eigenvalue weighted by Crippen LogP contribution is 2.16. The van der Waals surface area contributed by atoms with E-state index >= 15 is 0 Å². The van der Waals surface area contributed by atoms with Gasteiger partial charge in [-0.2, -0.15) is 5.10 Å². The summed E-state index contributed by atoms with van der Waals surface area (Å²) in [4.78, 5) is 1.96. The molecule has 0 fully saturated rings. The zero-order chi connectivity index (χ0) is 10.7. The third-order valence-electron chi connectivity index (χ3n) is 1.96. The van der Waals surface area contributed by atoms with E-state index in [2.05, 4.69) is 26.3 Å². The Morgan fingerprint density at radius 2 is 2.43 bits per heavy atom. The highest BCUT2D eigenvalue weighted by molar-refractivity contribution is 9.10. The molecule has 1 aromatic heterocycles. The number of halogens is 1. The molecule has 1 N–H and O–H groups in total. The minimum absolute atomic E-state index is 0.720. The van der Waals surface area contributed by atoms with Crippen LogP contribution in [-0.4, -0.2) is 33.9 Å². The topological polar surface area (TPSA) is 33.1 Å². The summed E-state index contributed by atoms with van der Waals surface area (Å²) in [6.07, 6.45) is 1.78. The molecule has 0 bridgehead atoms. The van der Waals surface area contributed by atoms with E-state index in [1.54, 1.807) is 6.20 Å². The minimum atomic E-state index is 0.720. The first-order valence-corrected chi connectivity index (χ1v) is 5.35. The summed E-state index contributed by atoms with van der Waals surface area (Å²) in [6.45, 7) is 0.733. The van der Waals surface area contributed by atoms with Gasteiger partial charge in [-0.1, -0.05) is 0 Å². The zero-order valence-corrected chi connectivity index (χ0v) is 10.8. The Labute approximate surface area is 97.4 Å². The van der Waals surface area contributed by atoms with Crippen molar-refractivity contribution in [3.63, 3.8) is 0 Å². The SMILES string of the molecule is CNC(=S)N(C)Cc1c(Br)cnn1C. The summed E-state index contributed by atoms with van der Waals surface area (Å²) in [7, 11) is 5.67. The molecule has 0 unspecified atom stereocenters. The van der Waals surface area contributed by atoms with E-state index in [9.17, 15) is 0 Å². The lowest BCUT2D eigenvalue weighted by atomic mass is 10.4. The molecule has 14 heavy (non-hydrogen) atoms. The molecule has 6 heteroatoms. The summed E-state index contributed by atoms with van der Waals surface area (Å²) in [6, 6.07) is 0. The first-order valence-electron chi connectivity index (χ1n) is 4.15. The van der Waals surface area contributed by atoms with Crippen molar-refractivity contribution in [2.45, 2.75) is 6.54 Å². The smallest absolute Gasteiger partial charge is 0.168 e. The van der Waals surface area contributed by atoms with Gasteiger partial charge in [-0.05, 0) is 28.1 Å². The van der Waals surface area contributed by atoms with Crippen molar-refractivity contribution in [3.8, 4) is 0 Å². The van der Waals surface area contributed by atoms with E-state index < -0.39 is 0 Å². The van der Waals surface area contributed by atoms with Crippen LogP contribution in [0.15, 0.2) is 10.7 Å². The van der Waals surface area contributed by atoms with Crippen LogP contribution in [-0.2, 0) is 13.6 Å². The molecule has 0 amide bonds. The van der Waals surface area contributed by atoms with Gasteiger partial charge in [0.05, 0.1) is 22.9 Å². The van der Waals surface area contributed by atoms with Crippen LogP contribution >= 0.6 is 28.1 Å². The lowest BCUT2D eigenvalue weighted by molar-refractivity contribution is 0.470. The van der Waals surface area contributed by atoms with Crippen LogP contribution in [0.5, 0.6) is 0 Å². The first-order chi connectivity index (χ1) is 6.56. The standard InChI is InChI=1S/C8H13BrN4S/c1-10-8(14)12(2)5-7-6(9)4-11-13(7)3/h4H,5H2,1-3H3,(H,10,14). The zero-order valence-electron chi connectivity index (χ0n) is 8.41. The summed E-state index contributed by atoms with van der Waals surface area (Å²) < 4.78 is 2.84. The minimum Gasteiger partial charge on any atom is -0.366 e. The second-order valence-electron chi connectivity index (χ2n) is 2.97. The van der Waals surface area contributed by atoms with Gasteiger partial charge in [0.1, 0.15) is 0 Å². The van der Waals surface area contributed by atoms with Gasteiger partial charge >= 0.3 is 0 Å². The van der Waals surface area contributed by atoms with Gasteiger partial charge in [-0.3, -0.25) is 4.68 Å². The summed E-state index contributed by atoms with van der Waals surface area (Å²) >= 11 is 8.55. The number of hydrogen-bond acceptors (Lipinski definition) is 2. The third-order valence-corrected chi connectivity index (χ3v) is 3.14. The number of rotatable bonds is 2. The fourth-order valence-corrected chi connectivity index (χ4v) is 1.64. The Morgan fingerprint density at radius 1 is 1.79 bits per heavy atom. The molecule has 0 spiro atoms. The monoisotopic (exact) mass is 276 g/mol. The van der Waals surface area contributed by atoms with Crippen molar-refractivity contribution < 1.29 is 0 Å². The molecule has 1 rings (SSSR count). The quantitative estimate of drug-likeness (QED) is 0.821. The van der Waals surface area contributed by atoms with E-state index in [4.69, 9.17) is 12.2 Å². The molecule has 78 valence electrons. The molecule has 0 aromatic carbocycles. The Kier molecular flexibility index (Phi) is 3.88. The van der Waals surface area contributed by atoms with Gasteiger partial charge in [0.25, 0.3) is 0 Å². The van der Waals surface area contributed by atoms with Gasteiger partial charge in [-0.25, -0.2) is 0 Å². The fourth-order valence-electron chi connectivity index (χ4n) is 1.10. The maximum Gasteiger partial charge on any atom is 0.168 e. The molecule has 1 heterocycles. The third kappa shape index (κ3) is 2.45. The van der Waals surface area contributed by atoms with E-state index in [1.165, 1.54) is 0 Å². The van der Waals surface area contributed by atoms with Crippen molar-refractivity contribution in [2.24, 2.45) is 7.05 Å². The highest BCUT2D eigenvalue weighted by Gasteiger charge is 2.10. The summed E-state index contributed by atoms with van der Waals surface area (Å²) in [5.41, 5.74) is 1.10. The number of nitrogens with one attached hydrogen (secondary N) is 1. The molecular weight excluding hydrogens is 264 g/mol. The first kappa shape index (κ1) is 11.5. The number of aromatic nitrogens is 2. The molecule has 0 radical (unpaired) electrons. The number of hydrogen-bond donors (Lipinski definition) is 1. The van der Waals surface area contributed by atoms with Crippen molar-refractivity contribution in [3.05, 3.63) is 16.4 Å². The predicted octanol–water partition coefficient (Wildman–Crippen LogP) is 1.12. The Bertz CT molecular complexity index is 317. The molecule has 1 aromatic rings. The average Bonchev–Trinajstić information content (AvgIpc) is 2.48. The van der Waals surface area contributed by atoms with Crippen molar-refractivity contribution >= 4 is 33.3 Å². The molecule has 0 aliphatic heterocycles. The molecule has 4 nitrogen and oxygen atoms in total. The highest BCUT2D eigenvalue weighted by atomic mass is 79.9. The van der Waals surface area contributed by atoms with Gasteiger partial charge < -0.3 is 10.2 Å². The van der Waals surface area contributed by atoms with Crippen LogP contribution in [0.2, 0.25) is 0 Å². The molecule has 0 aliphatic carbocycles. The van der Waals surface area contributed by atoms with Crippen LogP contribution in [0.1, 0.15) is 5.69 Å². The van der Waals surface area contributed by atoms with Crippen molar-refractivity contribution in [2.75, 3.05) is 14.1 Å². The van der Waals surface area contributed by atoms with Gasteiger partial charge in [0.15, 0.2) is 5.11 Å². The molecular formula is C8H13BrN4S. The molecule has 0 aliphatic rings. The number of aryl methyl sites for hydroxylation is 1. The van der Waals surface area contributed by atoms with E-state index in [1.807, 2.05) is 30.7 Å². The van der Waals surface area contributed by atoms with E-state index in [-0.39, 0.29) is 0 Å². The lowest BCUT2D eigenvalue weighted by Crippen LogP contribution is -2.34. The molecule has 0 atom stereocenters. The number of thiocarbonyl (C=S) groups is 1. The largest absolute Gasteiger partial charge is 0.366 e. The summed E-state index contributed by atoms with van der Waals surface area (Å²) in [5, 5.41) is 7.78. The average molecular weight is 277 g/mol. The Balaban J connectivity index is 2.73. The maximum absolute atomic E-state index is 5.11. The second kappa shape index (κ2) is 4.75. The predicted molar refractivity (Wildman–Crippen MR) is 64.0 cm³/mol. The lowest BCUT2D eigenvalue weighted by Gasteiger charge is -2.19. The van der Waals surface area contributed by atoms with Gasteiger partial charge in [-0.15, -0.1) is 0 Å². The van der Waals surface area contributed by atoms with Gasteiger partial charge in [0.2, 0.25) is 0 Å². The Morgan fingerprint density at radius 3 is 2.86 bits per heavy atom. The van der Waals surface area contributed by atoms with Crippen LogP contribution in [0.4, 0.5) is 0 Å². The van der Waals surface area contributed by atoms with Crippen LogP contribution in [0.25, 0.3) is 0 Å². The second-order valence-corrected chi connectivity index (χ2v) is 4.22. The summed E-state index contributed by atoms with van der Waals surface area (Å²) in [5.74, 6) is 0. The molecule has 0 saturated carbocycles. The van der Waals surface area contributed by atoms with Gasteiger partial charge in [0, 0.05) is 21.1 Å². The molecule has 0 saturated heterocycles. The maximum atomic E-state index is 5.11. The van der Waals surface area contributed by atoms with Crippen molar-refractivity contribution in [1.82, 2.24) is 20.0 Å². The number of nitrogens with zero attached hydrogens (tertiary/aromatic N) is 3. The normalized spacial score (nSPS) is 10.0. The van der Waals surface area contributed by atoms with E-state index in [0.717, 1.165) is 21.8 Å². The van der Waals surface area contributed by atoms with Crippen LogP contribution < -0.4 is 5.32 Å².